The molecule has 0 bridgehead atoms. The Labute approximate surface area is 145 Å². The highest BCUT2D eigenvalue weighted by Crippen LogP contribution is 2.03. The lowest BCUT2D eigenvalue weighted by molar-refractivity contribution is 0.546. The number of halogens is 1. The van der Waals surface area contributed by atoms with Crippen molar-refractivity contribution in [2.75, 3.05) is 6.54 Å². The fourth-order valence-corrected chi connectivity index (χ4v) is 1.93. The molecule has 7 heteroatoms. The first-order chi connectivity index (χ1) is 9.67. The highest BCUT2D eigenvalue weighted by Gasteiger charge is 2.05. The van der Waals surface area contributed by atoms with Gasteiger partial charge in [0.05, 0.1) is 0 Å². The summed E-state index contributed by atoms with van der Waals surface area (Å²) in [4.78, 5) is 4.56. The molecule has 1 aromatic heterocycles. The van der Waals surface area contributed by atoms with Crippen molar-refractivity contribution in [2.45, 2.75) is 59.0 Å². The lowest BCUT2D eigenvalue weighted by atomic mass is 10.1. The molecule has 1 heterocycles. The number of unbranched alkanes of at least 4 members (excludes halogenated alkanes) is 2. The molecule has 0 saturated heterocycles. The zero-order valence-corrected chi connectivity index (χ0v) is 15.9. The Morgan fingerprint density at radius 1 is 1.38 bits per heavy atom. The van der Waals surface area contributed by atoms with Crippen molar-refractivity contribution in [1.82, 2.24) is 25.4 Å². The van der Waals surface area contributed by atoms with Crippen LogP contribution in [0.5, 0.6) is 0 Å². The molecule has 0 aromatic carbocycles. The second kappa shape index (κ2) is 11.8. The second-order valence-corrected chi connectivity index (χ2v) is 5.09. The summed E-state index contributed by atoms with van der Waals surface area (Å²) in [5.41, 5.74) is 0. The van der Waals surface area contributed by atoms with Gasteiger partial charge in [-0.05, 0) is 20.3 Å². The van der Waals surface area contributed by atoms with Crippen molar-refractivity contribution < 1.29 is 0 Å². The number of aromatic nitrogens is 3. The summed E-state index contributed by atoms with van der Waals surface area (Å²) in [6.45, 7) is 7.89. The molecular weight excluding hydrogens is 379 g/mol. The topological polar surface area (TPSA) is 67.1 Å². The van der Waals surface area contributed by atoms with Gasteiger partial charge in [-0.25, -0.2) is 4.99 Å². The van der Waals surface area contributed by atoms with Crippen LogP contribution in [-0.2, 0) is 13.6 Å². The molecule has 0 fully saturated rings. The van der Waals surface area contributed by atoms with Gasteiger partial charge < -0.3 is 15.2 Å². The molecule has 0 spiro atoms. The van der Waals surface area contributed by atoms with Crippen LogP contribution in [0.3, 0.4) is 0 Å². The predicted octanol–water partition coefficient (Wildman–Crippen LogP) is 2.46. The predicted molar refractivity (Wildman–Crippen MR) is 98.0 cm³/mol. The molecule has 1 rings (SSSR count). The first-order valence-corrected chi connectivity index (χ1v) is 7.55. The summed E-state index contributed by atoms with van der Waals surface area (Å²) in [6.07, 6.45) is 6.67. The molecule has 0 aliphatic rings. The average Bonchev–Trinajstić information content (AvgIpc) is 2.82. The smallest absolute Gasteiger partial charge is 0.191 e. The van der Waals surface area contributed by atoms with Crippen molar-refractivity contribution >= 4 is 29.9 Å². The standard InChI is InChI=1S/C14H28N6.HI/c1-5-7-8-9-12(3)18-14(15-6-2)16-10-13-19-17-11-20(13)4;/h11-12H,5-10H2,1-4H3,(H2,15,16,18);1H. The fourth-order valence-electron chi connectivity index (χ4n) is 1.93. The summed E-state index contributed by atoms with van der Waals surface area (Å²) in [7, 11) is 1.93. The number of guanidine groups is 1. The van der Waals surface area contributed by atoms with Crippen LogP contribution in [0.25, 0.3) is 0 Å². The molecule has 122 valence electrons. The average molecular weight is 408 g/mol. The second-order valence-electron chi connectivity index (χ2n) is 5.09. The Kier molecular flexibility index (Phi) is 11.3. The van der Waals surface area contributed by atoms with Crippen LogP contribution >= 0.6 is 24.0 Å². The third-order valence-electron chi connectivity index (χ3n) is 3.15. The molecule has 21 heavy (non-hydrogen) atoms. The number of hydrogen-bond acceptors (Lipinski definition) is 3. The van der Waals surface area contributed by atoms with Crippen molar-refractivity contribution in [3.8, 4) is 0 Å². The normalized spacial score (nSPS) is 12.7. The third-order valence-corrected chi connectivity index (χ3v) is 3.15. The molecule has 0 saturated carbocycles. The van der Waals surface area contributed by atoms with E-state index in [-0.39, 0.29) is 24.0 Å². The number of rotatable bonds is 8. The van der Waals surface area contributed by atoms with E-state index < -0.39 is 0 Å². The number of aliphatic imine (C=N–C) groups is 1. The summed E-state index contributed by atoms with van der Waals surface area (Å²) >= 11 is 0. The van der Waals surface area contributed by atoms with Gasteiger partial charge in [0.25, 0.3) is 0 Å². The lowest BCUT2D eigenvalue weighted by Gasteiger charge is -2.17. The van der Waals surface area contributed by atoms with Crippen molar-refractivity contribution in [1.29, 1.82) is 0 Å². The van der Waals surface area contributed by atoms with E-state index in [1.54, 1.807) is 6.33 Å². The summed E-state index contributed by atoms with van der Waals surface area (Å²) in [5, 5.41) is 14.6. The highest BCUT2D eigenvalue weighted by atomic mass is 127. The van der Waals surface area contributed by atoms with Gasteiger partial charge in [0.1, 0.15) is 12.9 Å². The van der Waals surface area contributed by atoms with E-state index in [9.17, 15) is 0 Å². The Morgan fingerprint density at radius 3 is 2.71 bits per heavy atom. The summed E-state index contributed by atoms with van der Waals surface area (Å²) in [6, 6.07) is 0.429. The maximum Gasteiger partial charge on any atom is 0.191 e. The zero-order valence-electron chi connectivity index (χ0n) is 13.6. The number of nitrogens with zero attached hydrogens (tertiary/aromatic N) is 4. The van der Waals surface area contributed by atoms with Crippen LogP contribution < -0.4 is 10.6 Å². The van der Waals surface area contributed by atoms with Crippen molar-refractivity contribution in [3.63, 3.8) is 0 Å². The largest absolute Gasteiger partial charge is 0.357 e. The van der Waals surface area contributed by atoms with Crippen molar-refractivity contribution in [2.24, 2.45) is 12.0 Å². The summed E-state index contributed by atoms with van der Waals surface area (Å²) < 4.78 is 1.89. The molecule has 2 N–H and O–H groups in total. The minimum Gasteiger partial charge on any atom is -0.357 e. The van der Waals surface area contributed by atoms with Crippen LogP contribution in [0.15, 0.2) is 11.3 Å². The third kappa shape index (κ3) is 8.23. The van der Waals surface area contributed by atoms with Crippen LogP contribution in [0, 0.1) is 0 Å². The van der Waals surface area contributed by atoms with E-state index in [2.05, 4.69) is 46.6 Å². The van der Waals surface area contributed by atoms with E-state index in [1.165, 1.54) is 25.7 Å². The van der Waals surface area contributed by atoms with Gasteiger partial charge in [0.15, 0.2) is 11.8 Å². The monoisotopic (exact) mass is 408 g/mol. The molecule has 1 aromatic rings. The molecule has 0 aliphatic heterocycles. The van der Waals surface area contributed by atoms with Gasteiger partial charge in [0, 0.05) is 19.6 Å². The minimum atomic E-state index is 0. The fraction of sp³-hybridized carbons (Fsp3) is 0.786. The SMILES string of the molecule is CCCCCC(C)NC(=NCc1nncn1C)NCC.I. The van der Waals surface area contributed by atoms with Crippen LogP contribution in [0.1, 0.15) is 52.3 Å². The molecule has 0 amide bonds. The number of nitrogens with one attached hydrogen (secondary N) is 2. The van der Waals surface area contributed by atoms with Gasteiger partial charge in [-0.15, -0.1) is 34.2 Å². The lowest BCUT2D eigenvalue weighted by Crippen LogP contribution is -2.42. The van der Waals surface area contributed by atoms with E-state index in [0.29, 0.717) is 12.6 Å². The number of hydrogen-bond donors (Lipinski definition) is 2. The van der Waals surface area contributed by atoms with E-state index >= 15 is 0 Å². The maximum atomic E-state index is 4.56. The molecule has 0 aliphatic carbocycles. The van der Waals surface area contributed by atoms with E-state index in [1.807, 2.05) is 11.6 Å². The van der Waals surface area contributed by atoms with Gasteiger partial charge in [0.2, 0.25) is 0 Å². The highest BCUT2D eigenvalue weighted by molar-refractivity contribution is 14.0. The Morgan fingerprint density at radius 2 is 2.14 bits per heavy atom. The van der Waals surface area contributed by atoms with E-state index in [4.69, 9.17) is 0 Å². The Balaban J connectivity index is 0.00000400. The quantitative estimate of drug-likeness (QED) is 0.300. The van der Waals surface area contributed by atoms with Gasteiger partial charge >= 0.3 is 0 Å². The summed E-state index contributed by atoms with van der Waals surface area (Å²) in [5.74, 6) is 1.71. The minimum absolute atomic E-state index is 0. The molecular formula is C14H29IN6. The first-order valence-electron chi connectivity index (χ1n) is 7.55. The van der Waals surface area contributed by atoms with Crippen molar-refractivity contribution in [3.05, 3.63) is 12.2 Å². The Hall–Kier alpha value is -0.860. The Bertz CT molecular complexity index is 404. The molecule has 1 atom stereocenters. The zero-order chi connectivity index (χ0) is 14.8. The molecule has 6 nitrogen and oxygen atoms in total. The van der Waals surface area contributed by atoms with Gasteiger partial charge in [-0.2, -0.15) is 0 Å². The van der Waals surface area contributed by atoms with Crippen LogP contribution in [0.4, 0.5) is 0 Å². The molecule has 1 unspecified atom stereocenters. The first kappa shape index (κ1) is 20.1. The maximum absolute atomic E-state index is 4.56. The van der Waals surface area contributed by atoms with Gasteiger partial charge in [-0.1, -0.05) is 26.2 Å². The van der Waals surface area contributed by atoms with Crippen LogP contribution in [-0.4, -0.2) is 33.3 Å². The number of aryl methyl sites for hydroxylation is 1. The van der Waals surface area contributed by atoms with Crippen LogP contribution in [0.2, 0.25) is 0 Å². The van der Waals surface area contributed by atoms with Gasteiger partial charge in [-0.3, -0.25) is 0 Å². The molecule has 0 radical (unpaired) electrons. The van der Waals surface area contributed by atoms with E-state index in [0.717, 1.165) is 18.3 Å².